The maximum absolute atomic E-state index is 6.63. The highest BCUT2D eigenvalue weighted by atomic mass is 35.5. The third-order valence-electron chi connectivity index (χ3n) is 6.40. The molecule has 0 spiro atoms. The fourth-order valence-corrected chi connectivity index (χ4v) is 5.60. The Labute approximate surface area is 220 Å². The van der Waals surface area contributed by atoms with Crippen LogP contribution in [0.15, 0.2) is 72.9 Å². The zero-order valence-electron chi connectivity index (χ0n) is 19.5. The first-order chi connectivity index (χ1) is 16.9. The minimum Gasteiger partial charge on any atom is -0.495 e. The van der Waals surface area contributed by atoms with Crippen molar-refractivity contribution in [2.24, 2.45) is 0 Å². The largest absolute Gasteiger partial charge is 0.495 e. The molecule has 178 valence electrons. The first-order valence-corrected chi connectivity index (χ1v) is 12.4. The van der Waals surface area contributed by atoms with Crippen molar-refractivity contribution in [3.05, 3.63) is 106 Å². The third-order valence-corrected chi connectivity index (χ3v) is 7.53. The number of nitrogens with one attached hydrogen (secondary N) is 1. The molecule has 1 saturated heterocycles. The van der Waals surface area contributed by atoms with Gasteiger partial charge in [-0.25, -0.2) is 0 Å². The van der Waals surface area contributed by atoms with E-state index in [1.165, 1.54) is 0 Å². The number of nitrogens with zero attached hydrogens (tertiary/aromatic N) is 3. The molecule has 35 heavy (non-hydrogen) atoms. The number of para-hydroxylation sites is 2. The Bertz CT molecular complexity index is 1410. The van der Waals surface area contributed by atoms with Crippen LogP contribution in [-0.2, 0) is 0 Å². The molecule has 0 bridgehead atoms. The van der Waals surface area contributed by atoms with E-state index >= 15 is 0 Å². The second kappa shape index (κ2) is 9.53. The van der Waals surface area contributed by atoms with E-state index in [0.717, 1.165) is 39.8 Å². The minimum atomic E-state index is -0.174. The van der Waals surface area contributed by atoms with Crippen LogP contribution >= 0.6 is 35.4 Å². The molecule has 0 radical (unpaired) electrons. The van der Waals surface area contributed by atoms with Crippen molar-refractivity contribution < 1.29 is 4.74 Å². The van der Waals surface area contributed by atoms with Crippen LogP contribution in [0.5, 0.6) is 5.75 Å². The van der Waals surface area contributed by atoms with E-state index in [1.54, 1.807) is 19.4 Å². The van der Waals surface area contributed by atoms with E-state index in [9.17, 15) is 0 Å². The number of hydrogen-bond acceptors (Lipinski definition) is 3. The molecule has 0 saturated carbocycles. The first-order valence-electron chi connectivity index (χ1n) is 11.2. The molecule has 4 aromatic rings. The van der Waals surface area contributed by atoms with Crippen LogP contribution in [0.2, 0.25) is 10.0 Å². The monoisotopic (exact) mass is 522 g/mol. The lowest BCUT2D eigenvalue weighted by Gasteiger charge is -2.29. The van der Waals surface area contributed by atoms with E-state index < -0.39 is 0 Å². The molecule has 5 rings (SSSR count). The van der Waals surface area contributed by atoms with Gasteiger partial charge in [-0.2, -0.15) is 0 Å². The maximum Gasteiger partial charge on any atom is 0.174 e. The van der Waals surface area contributed by atoms with Crippen LogP contribution in [0, 0.1) is 13.8 Å². The van der Waals surface area contributed by atoms with Crippen LogP contribution < -0.4 is 15.0 Å². The van der Waals surface area contributed by atoms with Crippen molar-refractivity contribution in [2.45, 2.75) is 25.9 Å². The fourth-order valence-electron chi connectivity index (χ4n) is 4.88. The highest BCUT2D eigenvalue weighted by Gasteiger charge is 2.43. The summed E-state index contributed by atoms with van der Waals surface area (Å²) < 4.78 is 7.85. The number of ether oxygens (including phenoxy) is 1. The molecular weight excluding hydrogens is 499 g/mol. The van der Waals surface area contributed by atoms with E-state index in [4.69, 9.17) is 40.2 Å². The molecule has 0 aliphatic carbocycles. The van der Waals surface area contributed by atoms with Gasteiger partial charge in [-0.05, 0) is 74.1 Å². The molecule has 2 aromatic carbocycles. The van der Waals surface area contributed by atoms with Gasteiger partial charge in [0.25, 0.3) is 0 Å². The molecule has 2 atom stereocenters. The zero-order valence-corrected chi connectivity index (χ0v) is 21.8. The molecule has 2 aromatic heterocycles. The molecule has 8 heteroatoms. The molecule has 5 nitrogen and oxygen atoms in total. The highest BCUT2D eigenvalue weighted by molar-refractivity contribution is 7.80. The van der Waals surface area contributed by atoms with Crippen LogP contribution in [0.4, 0.5) is 5.69 Å². The number of aromatic nitrogens is 2. The van der Waals surface area contributed by atoms with Gasteiger partial charge in [0.05, 0.1) is 46.3 Å². The number of hydrogen-bond donors (Lipinski definition) is 1. The Morgan fingerprint density at radius 2 is 1.71 bits per heavy atom. The summed E-state index contributed by atoms with van der Waals surface area (Å²) in [6.45, 7) is 4.16. The lowest BCUT2D eigenvalue weighted by Crippen LogP contribution is -2.30. The molecule has 3 heterocycles. The van der Waals surface area contributed by atoms with Gasteiger partial charge in [0.1, 0.15) is 5.75 Å². The van der Waals surface area contributed by atoms with E-state index in [-0.39, 0.29) is 12.1 Å². The smallest absolute Gasteiger partial charge is 0.174 e. The Kier molecular flexibility index (Phi) is 6.45. The minimum absolute atomic E-state index is 0.169. The van der Waals surface area contributed by atoms with Gasteiger partial charge >= 0.3 is 0 Å². The summed E-state index contributed by atoms with van der Waals surface area (Å²) >= 11 is 18.9. The molecule has 1 aliphatic heterocycles. The molecule has 1 aliphatic rings. The van der Waals surface area contributed by atoms with Crippen molar-refractivity contribution in [3.63, 3.8) is 0 Å². The highest BCUT2D eigenvalue weighted by Crippen LogP contribution is 2.46. The van der Waals surface area contributed by atoms with E-state index in [0.29, 0.717) is 15.2 Å². The second-order valence-corrected chi connectivity index (χ2v) is 9.58. The number of halogens is 2. The predicted molar refractivity (Wildman–Crippen MR) is 146 cm³/mol. The van der Waals surface area contributed by atoms with Gasteiger partial charge < -0.3 is 19.5 Å². The summed E-state index contributed by atoms with van der Waals surface area (Å²) in [4.78, 5) is 6.78. The van der Waals surface area contributed by atoms with Crippen molar-refractivity contribution >= 4 is 46.2 Å². The van der Waals surface area contributed by atoms with Gasteiger partial charge in [-0.1, -0.05) is 47.5 Å². The van der Waals surface area contributed by atoms with Gasteiger partial charge in [-0.15, -0.1) is 0 Å². The van der Waals surface area contributed by atoms with Crippen LogP contribution in [0.25, 0.3) is 5.69 Å². The summed E-state index contributed by atoms with van der Waals surface area (Å²) in [5.41, 5.74) is 5.83. The number of thiocarbonyl (C=S) groups is 1. The van der Waals surface area contributed by atoms with Gasteiger partial charge in [-0.3, -0.25) is 4.98 Å². The number of rotatable bonds is 5. The SMILES string of the molecule is COc1ccccc1N1C(=S)N[C@@H](c2ccccn2)[C@@H]1c1cc(C)n(-c2cccc(Cl)c2Cl)c1C. The lowest BCUT2D eigenvalue weighted by atomic mass is 9.96. The first kappa shape index (κ1) is 23.7. The second-order valence-electron chi connectivity index (χ2n) is 8.40. The van der Waals surface area contributed by atoms with Crippen molar-refractivity contribution in [3.8, 4) is 11.4 Å². The Balaban J connectivity index is 1.72. The van der Waals surface area contributed by atoms with Gasteiger partial charge in [0, 0.05) is 17.6 Å². The Morgan fingerprint density at radius 3 is 2.46 bits per heavy atom. The summed E-state index contributed by atoms with van der Waals surface area (Å²) in [6.07, 6.45) is 1.80. The number of benzene rings is 2. The number of anilines is 1. The van der Waals surface area contributed by atoms with E-state index in [1.807, 2.05) is 54.6 Å². The quantitative estimate of drug-likeness (QED) is 0.286. The van der Waals surface area contributed by atoms with Crippen LogP contribution in [-0.4, -0.2) is 21.8 Å². The van der Waals surface area contributed by atoms with Crippen molar-refractivity contribution in [1.29, 1.82) is 0 Å². The van der Waals surface area contributed by atoms with Crippen molar-refractivity contribution in [1.82, 2.24) is 14.9 Å². The average Bonchev–Trinajstić information content (AvgIpc) is 3.36. The van der Waals surface area contributed by atoms with Crippen LogP contribution in [0.1, 0.15) is 34.7 Å². The summed E-state index contributed by atoms with van der Waals surface area (Å²) in [5, 5.41) is 5.17. The summed E-state index contributed by atoms with van der Waals surface area (Å²) in [7, 11) is 1.67. The predicted octanol–water partition coefficient (Wildman–Crippen LogP) is 6.98. The van der Waals surface area contributed by atoms with Crippen molar-refractivity contribution in [2.75, 3.05) is 12.0 Å². The number of methoxy groups -OCH3 is 1. The Morgan fingerprint density at radius 1 is 0.971 bits per heavy atom. The molecule has 1 fully saturated rings. The average molecular weight is 523 g/mol. The number of pyridine rings is 1. The molecule has 0 unspecified atom stereocenters. The standard InChI is InChI=1S/C27H24Cl2N4OS/c1-16-15-18(17(2)32(16)22-12-8-9-19(28)24(22)29)26-25(20-10-6-7-14-30-20)31-27(35)33(26)21-11-4-5-13-23(21)34-3/h4-15,25-26H,1-3H3,(H,31,35)/t25-,26-/m0/s1. The molecule has 1 N–H and O–H groups in total. The lowest BCUT2D eigenvalue weighted by molar-refractivity contribution is 0.414. The third kappa shape index (κ3) is 4.05. The van der Waals surface area contributed by atoms with Gasteiger partial charge in [0.2, 0.25) is 0 Å². The number of aryl methyl sites for hydroxylation is 1. The molecule has 0 amide bonds. The topological polar surface area (TPSA) is 42.3 Å². The summed E-state index contributed by atoms with van der Waals surface area (Å²) in [6, 6.07) is 21.3. The fraction of sp³-hybridized carbons (Fsp3) is 0.185. The zero-order chi connectivity index (χ0) is 24.7. The van der Waals surface area contributed by atoms with Crippen LogP contribution in [0.3, 0.4) is 0 Å². The molecular formula is C27H24Cl2N4OS. The Hall–Kier alpha value is -3.06. The normalized spacial score (nSPS) is 17.5. The van der Waals surface area contributed by atoms with E-state index in [2.05, 4.69) is 39.7 Å². The maximum atomic E-state index is 6.63. The summed E-state index contributed by atoms with van der Waals surface area (Å²) in [5.74, 6) is 0.745. The van der Waals surface area contributed by atoms with Gasteiger partial charge in [0.15, 0.2) is 5.11 Å².